The summed E-state index contributed by atoms with van der Waals surface area (Å²) >= 11 is 5.05. The lowest BCUT2D eigenvalue weighted by atomic mass is 10.3. The minimum atomic E-state index is -0.0550. The zero-order valence-electron chi connectivity index (χ0n) is 8.43. The van der Waals surface area contributed by atoms with Gasteiger partial charge in [-0.15, -0.1) is 0 Å². The fourth-order valence-electron chi connectivity index (χ4n) is 1.56. The fourth-order valence-corrected chi connectivity index (χ4v) is 1.79. The summed E-state index contributed by atoms with van der Waals surface area (Å²) < 4.78 is 0. The summed E-state index contributed by atoms with van der Waals surface area (Å²) in [6, 6.07) is 0.500. The maximum atomic E-state index is 10.9. The molecular formula is C9H17N3OS. The Balaban J connectivity index is 2.12. The van der Waals surface area contributed by atoms with Crippen LogP contribution in [0.4, 0.5) is 0 Å². The Hall–Kier alpha value is -0.840. The highest BCUT2D eigenvalue weighted by Gasteiger charge is 2.15. The number of likely N-dealkylation sites (N-methyl/N-ethyl adjacent to an activating group) is 1. The number of thiocarbonyl (C=S) groups is 1. The van der Waals surface area contributed by atoms with E-state index in [1.54, 1.807) is 7.05 Å². The summed E-state index contributed by atoms with van der Waals surface area (Å²) in [5, 5.41) is 9.18. The van der Waals surface area contributed by atoms with Gasteiger partial charge in [0.15, 0.2) is 5.11 Å². The lowest BCUT2D eigenvalue weighted by Gasteiger charge is -2.15. The van der Waals surface area contributed by atoms with Gasteiger partial charge in [0.1, 0.15) is 0 Å². The summed E-state index contributed by atoms with van der Waals surface area (Å²) in [5.41, 5.74) is 0. The average molecular weight is 215 g/mol. The average Bonchev–Trinajstić information content (AvgIpc) is 2.66. The van der Waals surface area contributed by atoms with Gasteiger partial charge in [0.2, 0.25) is 5.91 Å². The lowest BCUT2D eigenvalue weighted by Crippen LogP contribution is -2.44. The number of rotatable bonds is 3. The SMILES string of the molecule is CNC(=O)CNC(=S)NC1CCCC1. The molecule has 14 heavy (non-hydrogen) atoms. The molecule has 0 saturated heterocycles. The normalized spacial score (nSPS) is 16.4. The van der Waals surface area contributed by atoms with Gasteiger partial charge in [0.05, 0.1) is 6.54 Å². The molecule has 0 atom stereocenters. The van der Waals surface area contributed by atoms with E-state index in [0.29, 0.717) is 11.2 Å². The number of hydrogen-bond donors (Lipinski definition) is 3. The molecular weight excluding hydrogens is 198 g/mol. The van der Waals surface area contributed by atoms with E-state index in [1.807, 2.05) is 0 Å². The Bertz CT molecular complexity index is 214. The van der Waals surface area contributed by atoms with E-state index in [9.17, 15) is 4.79 Å². The van der Waals surface area contributed by atoms with Gasteiger partial charge in [0, 0.05) is 13.1 Å². The lowest BCUT2D eigenvalue weighted by molar-refractivity contribution is -0.119. The molecule has 0 aliphatic heterocycles. The van der Waals surface area contributed by atoms with Crippen molar-refractivity contribution in [2.45, 2.75) is 31.7 Å². The first-order valence-electron chi connectivity index (χ1n) is 4.97. The molecule has 1 rings (SSSR count). The van der Waals surface area contributed by atoms with Crippen LogP contribution in [0, 0.1) is 0 Å². The second-order valence-corrected chi connectivity index (χ2v) is 3.89. The van der Waals surface area contributed by atoms with E-state index in [4.69, 9.17) is 12.2 Å². The van der Waals surface area contributed by atoms with E-state index in [1.165, 1.54) is 25.7 Å². The van der Waals surface area contributed by atoms with Gasteiger partial charge in [-0.1, -0.05) is 12.8 Å². The molecule has 1 fully saturated rings. The minimum Gasteiger partial charge on any atom is -0.360 e. The van der Waals surface area contributed by atoms with Gasteiger partial charge in [-0.25, -0.2) is 0 Å². The van der Waals surface area contributed by atoms with Crippen LogP contribution in [-0.2, 0) is 4.79 Å². The third-order valence-electron chi connectivity index (χ3n) is 2.38. The van der Waals surface area contributed by atoms with E-state index < -0.39 is 0 Å². The number of carbonyl (C=O) groups excluding carboxylic acids is 1. The molecule has 0 unspecified atom stereocenters. The van der Waals surface area contributed by atoms with Crippen molar-refractivity contribution in [3.8, 4) is 0 Å². The Labute approximate surface area is 89.8 Å². The smallest absolute Gasteiger partial charge is 0.239 e. The second-order valence-electron chi connectivity index (χ2n) is 3.48. The van der Waals surface area contributed by atoms with Crippen molar-refractivity contribution in [3.63, 3.8) is 0 Å². The van der Waals surface area contributed by atoms with E-state index in [-0.39, 0.29) is 12.5 Å². The summed E-state index contributed by atoms with van der Waals surface area (Å²) in [6.45, 7) is 0.245. The van der Waals surface area contributed by atoms with Gasteiger partial charge >= 0.3 is 0 Å². The molecule has 0 bridgehead atoms. The van der Waals surface area contributed by atoms with Crippen LogP contribution in [0.1, 0.15) is 25.7 Å². The maximum Gasteiger partial charge on any atom is 0.239 e. The quantitative estimate of drug-likeness (QED) is 0.586. The number of hydrogen-bond acceptors (Lipinski definition) is 2. The Morgan fingerprint density at radius 3 is 2.64 bits per heavy atom. The highest BCUT2D eigenvalue weighted by Crippen LogP contribution is 2.17. The van der Waals surface area contributed by atoms with Crippen molar-refractivity contribution < 1.29 is 4.79 Å². The molecule has 80 valence electrons. The zero-order chi connectivity index (χ0) is 10.4. The van der Waals surface area contributed by atoms with Crippen LogP contribution in [0.15, 0.2) is 0 Å². The largest absolute Gasteiger partial charge is 0.360 e. The molecule has 0 radical (unpaired) electrons. The predicted molar refractivity (Wildman–Crippen MR) is 60.1 cm³/mol. The fraction of sp³-hybridized carbons (Fsp3) is 0.778. The van der Waals surface area contributed by atoms with Crippen LogP contribution in [0.25, 0.3) is 0 Å². The highest BCUT2D eigenvalue weighted by atomic mass is 32.1. The molecule has 1 aliphatic carbocycles. The Morgan fingerprint density at radius 1 is 1.43 bits per heavy atom. The van der Waals surface area contributed by atoms with E-state index in [2.05, 4.69) is 16.0 Å². The van der Waals surface area contributed by atoms with Gasteiger partial charge < -0.3 is 16.0 Å². The summed E-state index contributed by atoms with van der Waals surface area (Å²) in [4.78, 5) is 10.9. The minimum absolute atomic E-state index is 0.0550. The highest BCUT2D eigenvalue weighted by molar-refractivity contribution is 7.80. The third kappa shape index (κ3) is 3.91. The van der Waals surface area contributed by atoms with Crippen LogP contribution >= 0.6 is 12.2 Å². The van der Waals surface area contributed by atoms with Crippen molar-refractivity contribution in [1.29, 1.82) is 0 Å². The molecule has 0 aromatic carbocycles. The Morgan fingerprint density at radius 2 is 2.07 bits per heavy atom. The molecule has 1 amide bonds. The van der Waals surface area contributed by atoms with Gasteiger partial charge in [0.25, 0.3) is 0 Å². The molecule has 0 aromatic rings. The molecule has 0 spiro atoms. The first-order chi connectivity index (χ1) is 6.72. The molecule has 0 aromatic heterocycles. The van der Waals surface area contributed by atoms with Crippen LogP contribution in [0.3, 0.4) is 0 Å². The van der Waals surface area contributed by atoms with Gasteiger partial charge in [-0.2, -0.15) is 0 Å². The van der Waals surface area contributed by atoms with Gasteiger partial charge in [-0.05, 0) is 25.1 Å². The number of carbonyl (C=O) groups is 1. The molecule has 1 aliphatic rings. The van der Waals surface area contributed by atoms with Crippen molar-refractivity contribution in [2.24, 2.45) is 0 Å². The van der Waals surface area contributed by atoms with Crippen LogP contribution in [0.2, 0.25) is 0 Å². The molecule has 5 heteroatoms. The summed E-state index contributed by atoms with van der Waals surface area (Å²) in [5.74, 6) is -0.0550. The number of amides is 1. The second kappa shape index (κ2) is 5.80. The first-order valence-corrected chi connectivity index (χ1v) is 5.38. The van der Waals surface area contributed by atoms with Crippen molar-refractivity contribution in [1.82, 2.24) is 16.0 Å². The van der Waals surface area contributed by atoms with Crippen molar-refractivity contribution in [3.05, 3.63) is 0 Å². The Kier molecular flexibility index (Phi) is 4.65. The monoisotopic (exact) mass is 215 g/mol. The molecule has 0 heterocycles. The van der Waals surface area contributed by atoms with Crippen LogP contribution in [-0.4, -0.2) is 30.7 Å². The van der Waals surface area contributed by atoms with Crippen LogP contribution in [0.5, 0.6) is 0 Å². The standard InChI is InChI=1S/C9H17N3OS/c1-10-8(13)6-11-9(14)12-7-4-2-3-5-7/h7H,2-6H2,1H3,(H,10,13)(H2,11,12,14). The van der Waals surface area contributed by atoms with E-state index >= 15 is 0 Å². The summed E-state index contributed by atoms with van der Waals surface area (Å²) in [6.07, 6.45) is 4.91. The maximum absolute atomic E-state index is 10.9. The van der Waals surface area contributed by atoms with Gasteiger partial charge in [-0.3, -0.25) is 4.79 Å². The van der Waals surface area contributed by atoms with Crippen molar-refractivity contribution in [2.75, 3.05) is 13.6 Å². The first kappa shape index (κ1) is 11.2. The number of nitrogens with one attached hydrogen (secondary N) is 3. The molecule has 4 nitrogen and oxygen atoms in total. The predicted octanol–water partition coefficient (Wildman–Crippen LogP) is 0.139. The topological polar surface area (TPSA) is 53.2 Å². The van der Waals surface area contributed by atoms with E-state index in [0.717, 1.165) is 0 Å². The molecule has 1 saturated carbocycles. The van der Waals surface area contributed by atoms with Crippen molar-refractivity contribution >= 4 is 23.2 Å². The molecule has 3 N–H and O–H groups in total. The van der Waals surface area contributed by atoms with Crippen LogP contribution < -0.4 is 16.0 Å². The summed E-state index contributed by atoms with van der Waals surface area (Å²) in [7, 11) is 1.61. The third-order valence-corrected chi connectivity index (χ3v) is 2.64. The zero-order valence-corrected chi connectivity index (χ0v) is 9.25.